The van der Waals surface area contributed by atoms with Crippen LogP contribution in [-0.4, -0.2) is 43.8 Å². The van der Waals surface area contributed by atoms with E-state index in [2.05, 4.69) is 10.3 Å². The number of hydrogen-bond donors (Lipinski definition) is 1. The van der Waals surface area contributed by atoms with E-state index in [1.807, 2.05) is 36.9 Å². The number of amides is 1. The summed E-state index contributed by atoms with van der Waals surface area (Å²) >= 11 is 0. The Morgan fingerprint density at radius 3 is 2.56 bits per heavy atom. The lowest BCUT2D eigenvalue weighted by Gasteiger charge is -2.29. The van der Waals surface area contributed by atoms with Crippen LogP contribution in [0.5, 0.6) is 0 Å². The Labute approximate surface area is 210 Å². The molecule has 1 amide bonds. The molecule has 0 unspecified atom stereocenters. The number of nitrogens with zero attached hydrogens (tertiary/aromatic N) is 2. The maximum Gasteiger partial charge on any atom is 0.266 e. The zero-order valence-electron chi connectivity index (χ0n) is 20.8. The van der Waals surface area contributed by atoms with E-state index in [-0.39, 0.29) is 23.0 Å². The standard InChI is InChI=1S/C27H29BF3N3O2/c1-15(2)26(35)34-11-10-27(14-34,36-4)17-8-9-21-20(12-17)22(13-23(28)33-21)32-16(3)18-6-5-7-19(24(18)29)25(30)31/h5-9,12-13,15-16,25H,10-11,14H2,1-4H3,(H,32,33)/t16-,27+/m1/s1. The van der Waals surface area contributed by atoms with E-state index in [1.165, 1.54) is 12.1 Å². The number of likely N-dealkylation sites (tertiary alicyclic amines) is 1. The van der Waals surface area contributed by atoms with Crippen LogP contribution < -0.4 is 10.9 Å². The molecule has 1 fully saturated rings. The Morgan fingerprint density at radius 1 is 1.17 bits per heavy atom. The first kappa shape index (κ1) is 26.0. The van der Waals surface area contributed by atoms with Crippen LogP contribution in [0.3, 0.4) is 0 Å². The molecule has 9 heteroatoms. The molecular formula is C27H29BF3N3O2. The molecule has 0 saturated carbocycles. The molecule has 3 aromatic rings. The number of benzene rings is 2. The van der Waals surface area contributed by atoms with E-state index >= 15 is 0 Å². The molecule has 1 aliphatic rings. The van der Waals surface area contributed by atoms with Crippen molar-refractivity contribution < 1.29 is 22.7 Å². The number of methoxy groups -OCH3 is 1. The molecule has 2 atom stereocenters. The normalized spacial score (nSPS) is 18.9. The first-order valence-electron chi connectivity index (χ1n) is 11.9. The van der Waals surface area contributed by atoms with Crippen molar-refractivity contribution in [2.45, 2.75) is 45.3 Å². The van der Waals surface area contributed by atoms with Crippen molar-refractivity contribution in [3.63, 3.8) is 0 Å². The minimum atomic E-state index is -2.91. The number of halogens is 3. The van der Waals surface area contributed by atoms with Crippen molar-refractivity contribution in [1.82, 2.24) is 9.88 Å². The average Bonchev–Trinajstić information content (AvgIpc) is 3.29. The maximum absolute atomic E-state index is 14.8. The van der Waals surface area contributed by atoms with Crippen LogP contribution in [-0.2, 0) is 15.1 Å². The molecule has 2 aromatic carbocycles. The summed E-state index contributed by atoms with van der Waals surface area (Å²) in [4.78, 5) is 18.8. The van der Waals surface area contributed by atoms with E-state index < -0.39 is 29.4 Å². The van der Waals surface area contributed by atoms with Crippen LogP contribution in [0, 0.1) is 11.7 Å². The second kappa shape index (κ2) is 10.1. The lowest BCUT2D eigenvalue weighted by Crippen LogP contribution is -2.37. The maximum atomic E-state index is 14.8. The van der Waals surface area contributed by atoms with E-state index in [9.17, 15) is 18.0 Å². The summed E-state index contributed by atoms with van der Waals surface area (Å²) in [6.45, 7) is 6.47. The van der Waals surface area contributed by atoms with Gasteiger partial charge in [0, 0.05) is 36.2 Å². The van der Waals surface area contributed by atoms with Crippen molar-refractivity contribution in [3.8, 4) is 0 Å². The Morgan fingerprint density at radius 2 is 1.89 bits per heavy atom. The van der Waals surface area contributed by atoms with Crippen LogP contribution in [0.4, 0.5) is 18.9 Å². The molecule has 0 aliphatic carbocycles. The highest BCUT2D eigenvalue weighted by atomic mass is 19.3. The fraction of sp³-hybridized carbons (Fsp3) is 0.407. The fourth-order valence-corrected chi connectivity index (χ4v) is 4.89. The van der Waals surface area contributed by atoms with Crippen molar-refractivity contribution >= 4 is 35.9 Å². The van der Waals surface area contributed by atoms with Gasteiger partial charge >= 0.3 is 0 Å². The number of aromatic nitrogens is 1. The molecule has 1 aliphatic heterocycles. The summed E-state index contributed by atoms with van der Waals surface area (Å²) in [6, 6.07) is 10.7. The van der Waals surface area contributed by atoms with Crippen molar-refractivity contribution in [2.24, 2.45) is 5.92 Å². The number of hydrogen-bond acceptors (Lipinski definition) is 4. The number of ether oxygens (including phenoxy) is 1. The van der Waals surface area contributed by atoms with E-state index in [4.69, 9.17) is 12.6 Å². The summed E-state index contributed by atoms with van der Waals surface area (Å²) in [5, 5.41) is 3.95. The third kappa shape index (κ3) is 4.81. The van der Waals surface area contributed by atoms with Crippen LogP contribution >= 0.6 is 0 Å². The summed E-state index contributed by atoms with van der Waals surface area (Å²) in [5.74, 6) is -0.963. The van der Waals surface area contributed by atoms with Gasteiger partial charge in [0.1, 0.15) is 19.3 Å². The van der Waals surface area contributed by atoms with Crippen LogP contribution in [0.15, 0.2) is 42.5 Å². The van der Waals surface area contributed by atoms with Crippen molar-refractivity contribution in [3.05, 3.63) is 65.0 Å². The van der Waals surface area contributed by atoms with Crippen LogP contribution in [0.2, 0.25) is 0 Å². The average molecular weight is 495 g/mol. The third-order valence-corrected chi connectivity index (χ3v) is 6.91. The predicted molar refractivity (Wildman–Crippen MR) is 135 cm³/mol. The van der Waals surface area contributed by atoms with Gasteiger partial charge in [0.25, 0.3) is 6.43 Å². The van der Waals surface area contributed by atoms with Gasteiger partial charge in [-0.25, -0.2) is 13.2 Å². The molecule has 4 rings (SSSR count). The zero-order valence-corrected chi connectivity index (χ0v) is 20.8. The number of anilines is 1. The van der Waals surface area contributed by atoms with Gasteiger partial charge in [-0.1, -0.05) is 38.1 Å². The first-order valence-corrected chi connectivity index (χ1v) is 11.9. The smallest absolute Gasteiger partial charge is 0.266 e. The van der Waals surface area contributed by atoms with Crippen molar-refractivity contribution in [2.75, 3.05) is 25.5 Å². The molecule has 1 N–H and O–H groups in total. The molecule has 2 heterocycles. The number of rotatable bonds is 7. The topological polar surface area (TPSA) is 54.5 Å². The van der Waals surface area contributed by atoms with E-state index in [0.717, 1.165) is 17.0 Å². The van der Waals surface area contributed by atoms with Gasteiger partial charge in [0.2, 0.25) is 5.91 Å². The molecule has 0 spiro atoms. The van der Waals surface area contributed by atoms with Gasteiger partial charge in [-0.2, -0.15) is 0 Å². The van der Waals surface area contributed by atoms with E-state index in [0.29, 0.717) is 30.7 Å². The Balaban J connectivity index is 1.72. The molecule has 36 heavy (non-hydrogen) atoms. The Bertz CT molecular complexity index is 1290. The predicted octanol–water partition coefficient (Wildman–Crippen LogP) is 5.01. The Hall–Kier alpha value is -3.07. The second-order valence-electron chi connectivity index (χ2n) is 9.61. The van der Waals surface area contributed by atoms with Gasteiger partial charge in [0.15, 0.2) is 0 Å². The molecule has 188 valence electrons. The lowest BCUT2D eigenvalue weighted by atomic mass is 9.90. The van der Waals surface area contributed by atoms with Crippen LogP contribution in [0.25, 0.3) is 10.9 Å². The zero-order chi connectivity index (χ0) is 26.2. The summed E-state index contributed by atoms with van der Waals surface area (Å²) in [6.07, 6.45) is -2.27. The van der Waals surface area contributed by atoms with E-state index in [1.54, 1.807) is 20.1 Å². The summed E-state index contributed by atoms with van der Waals surface area (Å²) in [7, 11) is 7.67. The van der Waals surface area contributed by atoms with Gasteiger partial charge < -0.3 is 15.0 Å². The third-order valence-electron chi connectivity index (χ3n) is 6.91. The molecular weight excluding hydrogens is 466 g/mol. The molecule has 0 bridgehead atoms. The minimum Gasteiger partial charge on any atom is -0.378 e. The monoisotopic (exact) mass is 495 g/mol. The van der Waals surface area contributed by atoms with Gasteiger partial charge in [-0.15, -0.1) is 0 Å². The number of alkyl halides is 2. The highest BCUT2D eigenvalue weighted by Gasteiger charge is 2.42. The van der Waals surface area contributed by atoms with Gasteiger partial charge in [-0.05, 0) is 42.7 Å². The van der Waals surface area contributed by atoms with Crippen molar-refractivity contribution in [1.29, 1.82) is 0 Å². The molecule has 5 nitrogen and oxygen atoms in total. The van der Waals surface area contributed by atoms with Gasteiger partial charge in [-0.3, -0.25) is 9.78 Å². The van der Waals surface area contributed by atoms with Crippen LogP contribution in [0.1, 0.15) is 56.3 Å². The highest BCUT2D eigenvalue weighted by molar-refractivity contribution is 6.31. The largest absolute Gasteiger partial charge is 0.378 e. The second-order valence-corrected chi connectivity index (χ2v) is 9.61. The fourth-order valence-electron chi connectivity index (χ4n) is 4.89. The number of pyridine rings is 1. The summed E-state index contributed by atoms with van der Waals surface area (Å²) in [5.41, 5.74) is 1.17. The number of carbonyl (C=O) groups is 1. The first-order chi connectivity index (χ1) is 17.1. The summed E-state index contributed by atoms with van der Waals surface area (Å²) < 4.78 is 47.2. The molecule has 1 aromatic heterocycles. The minimum absolute atomic E-state index is 0.0772. The SMILES string of the molecule is [B]c1cc(N[C@H](C)c2cccc(C(F)F)c2F)c2cc([C@]3(OC)CCN(C(=O)C(C)C)C3)ccc2n1. The molecule has 2 radical (unpaired) electrons. The molecule has 1 saturated heterocycles. The van der Waals surface area contributed by atoms with Gasteiger partial charge in [0.05, 0.1) is 23.7 Å². The number of fused-ring (bicyclic) bond motifs is 1. The highest BCUT2D eigenvalue weighted by Crippen LogP contribution is 2.38. The lowest BCUT2D eigenvalue weighted by molar-refractivity contribution is -0.134. The Kier molecular flexibility index (Phi) is 7.32. The number of nitrogens with one attached hydrogen (secondary N) is 1. The number of carbonyl (C=O) groups excluding carboxylic acids is 1. The quantitative estimate of drug-likeness (QED) is 0.469.